The van der Waals surface area contributed by atoms with Crippen LogP contribution in [0.1, 0.15) is 32.3 Å². The molecule has 7 heteroatoms. The first kappa shape index (κ1) is 20.7. The van der Waals surface area contributed by atoms with E-state index in [4.69, 9.17) is 0 Å². The van der Waals surface area contributed by atoms with Crippen LogP contribution in [0.4, 0.5) is 10.5 Å². The topological polar surface area (TPSA) is 81.8 Å². The van der Waals surface area contributed by atoms with Gasteiger partial charge in [0.25, 0.3) is 0 Å². The molecule has 1 aliphatic rings. The zero-order valence-corrected chi connectivity index (χ0v) is 16.5. The highest BCUT2D eigenvalue weighted by Gasteiger charge is 2.30. The summed E-state index contributed by atoms with van der Waals surface area (Å²) in [5.74, 6) is -0.318. The molecule has 2 N–H and O–H groups in total. The lowest BCUT2D eigenvalue weighted by molar-refractivity contribution is -0.121. The van der Waals surface area contributed by atoms with Crippen molar-refractivity contribution in [3.8, 4) is 0 Å². The third kappa shape index (κ3) is 5.70. The standard InChI is InChI=1S/C20H30N4O3/c1-4-23(5-2)20(27)24-12-6-7-16(14-24)19(26)22-17-10-8-15(9-11-17)13-18(25)21-3/h8-11,16H,4-7,12-14H2,1-3H3,(H,21,25)(H,22,26)/t16-/m1/s1. The Labute approximate surface area is 161 Å². The molecule has 1 heterocycles. The molecule has 0 bridgehead atoms. The molecule has 0 unspecified atom stereocenters. The second-order valence-corrected chi connectivity index (χ2v) is 6.78. The summed E-state index contributed by atoms with van der Waals surface area (Å²) >= 11 is 0. The fourth-order valence-corrected chi connectivity index (χ4v) is 3.28. The zero-order valence-electron chi connectivity index (χ0n) is 16.5. The van der Waals surface area contributed by atoms with Gasteiger partial charge in [-0.15, -0.1) is 0 Å². The van der Waals surface area contributed by atoms with Crippen molar-refractivity contribution >= 4 is 23.5 Å². The molecule has 0 aliphatic carbocycles. The van der Waals surface area contributed by atoms with Gasteiger partial charge in [-0.25, -0.2) is 4.79 Å². The summed E-state index contributed by atoms with van der Waals surface area (Å²) in [6, 6.07) is 7.29. The SMILES string of the molecule is CCN(CC)C(=O)N1CCC[C@@H](C(=O)Nc2ccc(CC(=O)NC)cc2)C1. The lowest BCUT2D eigenvalue weighted by Gasteiger charge is -2.35. The summed E-state index contributed by atoms with van der Waals surface area (Å²) < 4.78 is 0. The molecule has 0 radical (unpaired) electrons. The van der Waals surface area contributed by atoms with E-state index in [-0.39, 0.29) is 23.8 Å². The molecular weight excluding hydrogens is 344 g/mol. The van der Waals surface area contributed by atoms with Gasteiger partial charge in [-0.1, -0.05) is 12.1 Å². The molecule has 1 saturated heterocycles. The quantitative estimate of drug-likeness (QED) is 0.800. The summed E-state index contributed by atoms with van der Waals surface area (Å²) in [6.45, 7) is 6.42. The van der Waals surface area contributed by atoms with Crippen molar-refractivity contribution in [3.05, 3.63) is 29.8 Å². The van der Waals surface area contributed by atoms with Gasteiger partial charge in [0.05, 0.1) is 12.3 Å². The summed E-state index contributed by atoms with van der Waals surface area (Å²) in [6.07, 6.45) is 1.93. The number of likely N-dealkylation sites (tertiary alicyclic amines) is 1. The first-order valence-electron chi connectivity index (χ1n) is 9.62. The van der Waals surface area contributed by atoms with Crippen LogP contribution in [0.2, 0.25) is 0 Å². The molecule has 0 spiro atoms. The van der Waals surface area contributed by atoms with Gasteiger partial charge < -0.3 is 20.4 Å². The van der Waals surface area contributed by atoms with E-state index in [0.29, 0.717) is 38.3 Å². The van der Waals surface area contributed by atoms with Crippen LogP contribution in [0.3, 0.4) is 0 Å². The fourth-order valence-electron chi connectivity index (χ4n) is 3.28. The van der Waals surface area contributed by atoms with Gasteiger partial charge in [-0.2, -0.15) is 0 Å². The van der Waals surface area contributed by atoms with Crippen LogP contribution in [0.5, 0.6) is 0 Å². The number of carbonyl (C=O) groups is 3. The van der Waals surface area contributed by atoms with Gasteiger partial charge in [0, 0.05) is 38.9 Å². The zero-order chi connectivity index (χ0) is 19.8. The first-order chi connectivity index (χ1) is 13.0. The second-order valence-electron chi connectivity index (χ2n) is 6.78. The van der Waals surface area contributed by atoms with Gasteiger partial charge >= 0.3 is 6.03 Å². The molecule has 4 amide bonds. The number of hydrogen-bond acceptors (Lipinski definition) is 3. The lowest BCUT2D eigenvalue weighted by Crippen LogP contribution is -2.49. The maximum Gasteiger partial charge on any atom is 0.320 e. The van der Waals surface area contributed by atoms with Crippen LogP contribution in [0.15, 0.2) is 24.3 Å². The predicted molar refractivity (Wildman–Crippen MR) is 105 cm³/mol. The largest absolute Gasteiger partial charge is 0.359 e. The normalized spacial score (nSPS) is 16.6. The number of nitrogens with zero attached hydrogens (tertiary/aromatic N) is 2. The monoisotopic (exact) mass is 374 g/mol. The Kier molecular flexibility index (Phi) is 7.64. The molecule has 7 nitrogen and oxygen atoms in total. The van der Waals surface area contributed by atoms with Crippen LogP contribution in [-0.2, 0) is 16.0 Å². The van der Waals surface area contributed by atoms with E-state index >= 15 is 0 Å². The fraction of sp³-hybridized carbons (Fsp3) is 0.550. The minimum atomic E-state index is -0.205. The van der Waals surface area contributed by atoms with E-state index in [1.54, 1.807) is 29.0 Å². The van der Waals surface area contributed by atoms with Crippen LogP contribution in [0.25, 0.3) is 0 Å². The number of benzene rings is 1. The maximum atomic E-state index is 12.6. The minimum absolute atomic E-state index is 0.0102. The highest BCUT2D eigenvalue weighted by Crippen LogP contribution is 2.20. The van der Waals surface area contributed by atoms with Crippen LogP contribution in [0, 0.1) is 5.92 Å². The summed E-state index contributed by atoms with van der Waals surface area (Å²) in [5, 5.41) is 5.52. The van der Waals surface area contributed by atoms with Crippen molar-refractivity contribution in [2.24, 2.45) is 5.92 Å². The number of amides is 4. The average molecular weight is 374 g/mol. The Morgan fingerprint density at radius 3 is 2.41 bits per heavy atom. The molecule has 1 fully saturated rings. The van der Waals surface area contributed by atoms with E-state index in [0.717, 1.165) is 18.4 Å². The van der Waals surface area contributed by atoms with Gasteiger partial charge in [-0.3, -0.25) is 9.59 Å². The van der Waals surface area contributed by atoms with E-state index in [1.807, 2.05) is 26.0 Å². The number of hydrogen-bond donors (Lipinski definition) is 2. The Hall–Kier alpha value is -2.57. The minimum Gasteiger partial charge on any atom is -0.359 e. The van der Waals surface area contributed by atoms with Crippen molar-refractivity contribution in [1.29, 1.82) is 0 Å². The first-order valence-corrected chi connectivity index (χ1v) is 9.62. The van der Waals surface area contributed by atoms with Crippen LogP contribution in [-0.4, -0.2) is 60.9 Å². The smallest absolute Gasteiger partial charge is 0.320 e. The van der Waals surface area contributed by atoms with E-state index < -0.39 is 0 Å². The predicted octanol–water partition coefficient (Wildman–Crippen LogP) is 2.09. The number of carbonyl (C=O) groups excluding carboxylic acids is 3. The highest BCUT2D eigenvalue weighted by atomic mass is 16.2. The second kappa shape index (κ2) is 9.94. The van der Waals surface area contributed by atoms with Crippen molar-refractivity contribution in [1.82, 2.24) is 15.1 Å². The summed E-state index contributed by atoms with van der Waals surface area (Å²) in [5.41, 5.74) is 1.59. The van der Waals surface area contributed by atoms with Gasteiger partial charge in [0.1, 0.15) is 0 Å². The van der Waals surface area contributed by atoms with Gasteiger partial charge in [0.15, 0.2) is 0 Å². The Balaban J connectivity index is 1.93. The third-order valence-electron chi connectivity index (χ3n) is 4.96. The number of likely N-dealkylation sites (N-methyl/N-ethyl adjacent to an activating group) is 1. The van der Waals surface area contributed by atoms with Crippen LogP contribution >= 0.6 is 0 Å². The van der Waals surface area contributed by atoms with Crippen LogP contribution < -0.4 is 10.6 Å². The van der Waals surface area contributed by atoms with E-state index in [1.165, 1.54) is 0 Å². The summed E-state index contributed by atoms with van der Waals surface area (Å²) in [7, 11) is 1.61. The summed E-state index contributed by atoms with van der Waals surface area (Å²) in [4.78, 5) is 40.1. The number of nitrogens with one attached hydrogen (secondary N) is 2. The number of urea groups is 1. The Bertz CT molecular complexity index is 656. The molecule has 1 aliphatic heterocycles. The lowest BCUT2D eigenvalue weighted by atomic mass is 9.97. The van der Waals surface area contributed by atoms with Gasteiger partial charge in [0.2, 0.25) is 11.8 Å². The molecule has 1 aromatic carbocycles. The highest BCUT2D eigenvalue weighted by molar-refractivity contribution is 5.93. The number of rotatable bonds is 6. The molecule has 0 aromatic heterocycles. The third-order valence-corrected chi connectivity index (χ3v) is 4.96. The van der Waals surface area contributed by atoms with Gasteiger partial charge in [-0.05, 0) is 44.4 Å². The van der Waals surface area contributed by atoms with Crippen molar-refractivity contribution in [3.63, 3.8) is 0 Å². The Morgan fingerprint density at radius 1 is 1.15 bits per heavy atom. The Morgan fingerprint density at radius 2 is 1.81 bits per heavy atom. The molecule has 0 saturated carbocycles. The van der Waals surface area contributed by atoms with Crippen molar-refractivity contribution < 1.29 is 14.4 Å². The van der Waals surface area contributed by atoms with Crippen molar-refractivity contribution in [2.45, 2.75) is 33.1 Å². The molecule has 1 atom stereocenters. The molecule has 1 aromatic rings. The molecular formula is C20H30N4O3. The van der Waals surface area contributed by atoms with Crippen molar-refractivity contribution in [2.75, 3.05) is 38.5 Å². The number of piperidine rings is 1. The van der Waals surface area contributed by atoms with E-state index in [2.05, 4.69) is 10.6 Å². The molecule has 2 rings (SSSR count). The number of anilines is 1. The van der Waals surface area contributed by atoms with E-state index in [9.17, 15) is 14.4 Å². The molecule has 148 valence electrons. The molecule has 27 heavy (non-hydrogen) atoms. The maximum absolute atomic E-state index is 12.6. The average Bonchev–Trinajstić information content (AvgIpc) is 2.70.